The van der Waals surface area contributed by atoms with Crippen LogP contribution in [0.25, 0.3) is 0 Å². The molecule has 1 aromatic carbocycles. The van der Waals surface area contributed by atoms with Gasteiger partial charge in [-0.2, -0.15) is 0 Å². The fraction of sp³-hybridized carbons (Fsp3) is 0.0769. The number of hydrogen-bond donors (Lipinski definition) is 1. The highest BCUT2D eigenvalue weighted by Crippen LogP contribution is 2.17. The minimum atomic E-state index is -1.16. The van der Waals surface area contributed by atoms with Crippen LogP contribution in [-0.4, -0.2) is 16.1 Å². The van der Waals surface area contributed by atoms with Crippen molar-refractivity contribution in [3.8, 4) is 5.75 Å². The Labute approximate surface area is 107 Å². The Morgan fingerprint density at radius 1 is 1.26 bits per heavy atom. The van der Waals surface area contributed by atoms with Crippen molar-refractivity contribution in [3.63, 3.8) is 0 Å². The Kier molecular flexibility index (Phi) is 3.70. The van der Waals surface area contributed by atoms with Gasteiger partial charge in [0.1, 0.15) is 24.0 Å². The summed E-state index contributed by atoms with van der Waals surface area (Å²) in [6.45, 7) is -0.344. The lowest BCUT2D eigenvalue weighted by Crippen LogP contribution is -2.03. The second-order valence-corrected chi connectivity index (χ2v) is 3.70. The average molecular weight is 265 g/mol. The summed E-state index contributed by atoms with van der Waals surface area (Å²) in [5.74, 6) is -2.47. The minimum absolute atomic E-state index is 0.0634. The van der Waals surface area contributed by atoms with Crippen molar-refractivity contribution in [3.05, 3.63) is 59.4 Å². The number of halogens is 2. The van der Waals surface area contributed by atoms with Gasteiger partial charge in [-0.15, -0.1) is 0 Å². The van der Waals surface area contributed by atoms with Gasteiger partial charge >= 0.3 is 5.97 Å². The highest BCUT2D eigenvalue weighted by atomic mass is 19.1. The molecule has 0 saturated heterocycles. The number of rotatable bonds is 4. The summed E-state index contributed by atoms with van der Waals surface area (Å²) in [7, 11) is 0. The molecule has 0 aliphatic carbocycles. The third-order valence-electron chi connectivity index (χ3n) is 2.40. The number of carbonyl (C=O) groups is 1. The molecule has 1 N–H and O–H groups in total. The van der Waals surface area contributed by atoms with Crippen molar-refractivity contribution in [2.45, 2.75) is 6.61 Å². The van der Waals surface area contributed by atoms with E-state index in [1.165, 1.54) is 18.3 Å². The molecule has 0 saturated carbocycles. The maximum absolute atomic E-state index is 13.3. The zero-order chi connectivity index (χ0) is 13.8. The first-order chi connectivity index (χ1) is 9.08. The quantitative estimate of drug-likeness (QED) is 0.923. The van der Waals surface area contributed by atoms with Gasteiger partial charge in [0.05, 0.1) is 17.3 Å². The molecule has 19 heavy (non-hydrogen) atoms. The predicted octanol–water partition coefficient (Wildman–Crippen LogP) is 2.64. The SMILES string of the molecule is O=C(O)c1cncc(OCc2c(F)cccc2F)c1. The molecular formula is C13H9F2NO3. The van der Waals surface area contributed by atoms with Gasteiger partial charge in [0.15, 0.2) is 0 Å². The Hall–Kier alpha value is -2.50. The van der Waals surface area contributed by atoms with Crippen LogP contribution in [0.15, 0.2) is 36.7 Å². The van der Waals surface area contributed by atoms with Gasteiger partial charge in [-0.05, 0) is 18.2 Å². The summed E-state index contributed by atoms with van der Waals surface area (Å²) in [5, 5.41) is 8.77. The van der Waals surface area contributed by atoms with E-state index in [1.807, 2.05) is 0 Å². The Bertz CT molecular complexity index is 596. The van der Waals surface area contributed by atoms with E-state index in [1.54, 1.807) is 0 Å². The average Bonchev–Trinajstić information content (AvgIpc) is 2.38. The monoisotopic (exact) mass is 265 g/mol. The molecule has 0 radical (unpaired) electrons. The van der Waals surface area contributed by atoms with Gasteiger partial charge in [-0.1, -0.05) is 6.07 Å². The maximum atomic E-state index is 13.3. The van der Waals surface area contributed by atoms with E-state index in [0.717, 1.165) is 18.3 Å². The Balaban J connectivity index is 2.15. The van der Waals surface area contributed by atoms with Gasteiger partial charge < -0.3 is 9.84 Å². The molecule has 0 unspecified atom stereocenters. The van der Waals surface area contributed by atoms with E-state index >= 15 is 0 Å². The zero-order valence-corrected chi connectivity index (χ0v) is 9.64. The van der Waals surface area contributed by atoms with Crippen LogP contribution >= 0.6 is 0 Å². The molecule has 0 spiro atoms. The number of aromatic nitrogens is 1. The van der Waals surface area contributed by atoms with Crippen molar-refractivity contribution >= 4 is 5.97 Å². The molecule has 1 aromatic heterocycles. The van der Waals surface area contributed by atoms with E-state index in [2.05, 4.69) is 4.98 Å². The van der Waals surface area contributed by atoms with Gasteiger partial charge in [-0.25, -0.2) is 13.6 Å². The lowest BCUT2D eigenvalue weighted by Gasteiger charge is -2.08. The largest absolute Gasteiger partial charge is 0.487 e. The van der Waals surface area contributed by atoms with Crippen molar-refractivity contribution in [2.24, 2.45) is 0 Å². The minimum Gasteiger partial charge on any atom is -0.487 e. The van der Waals surface area contributed by atoms with Crippen molar-refractivity contribution in [2.75, 3.05) is 0 Å². The highest BCUT2D eigenvalue weighted by molar-refractivity contribution is 5.87. The fourth-order valence-electron chi connectivity index (χ4n) is 1.44. The summed E-state index contributed by atoms with van der Waals surface area (Å²) in [6, 6.07) is 4.72. The summed E-state index contributed by atoms with van der Waals surface area (Å²) in [6.07, 6.45) is 2.42. The number of ether oxygens (including phenoxy) is 1. The zero-order valence-electron chi connectivity index (χ0n) is 9.64. The van der Waals surface area contributed by atoms with E-state index in [0.29, 0.717) is 0 Å². The summed E-state index contributed by atoms with van der Waals surface area (Å²) in [4.78, 5) is 14.4. The topological polar surface area (TPSA) is 59.4 Å². The third kappa shape index (κ3) is 3.04. The second-order valence-electron chi connectivity index (χ2n) is 3.70. The van der Waals surface area contributed by atoms with E-state index in [9.17, 15) is 13.6 Å². The van der Waals surface area contributed by atoms with Gasteiger partial charge in [0, 0.05) is 6.20 Å². The summed E-state index contributed by atoms with van der Waals surface area (Å²) < 4.78 is 31.8. The van der Waals surface area contributed by atoms with E-state index in [-0.39, 0.29) is 23.5 Å². The van der Waals surface area contributed by atoms with Gasteiger partial charge in [0.2, 0.25) is 0 Å². The molecular weight excluding hydrogens is 256 g/mol. The van der Waals surface area contributed by atoms with E-state index in [4.69, 9.17) is 9.84 Å². The van der Waals surface area contributed by atoms with Crippen LogP contribution in [0.4, 0.5) is 8.78 Å². The summed E-state index contributed by atoms with van der Waals surface area (Å²) in [5.41, 5.74) is -0.283. The number of carboxylic acids is 1. The number of nitrogens with zero attached hydrogens (tertiary/aromatic N) is 1. The molecule has 2 aromatic rings. The van der Waals surface area contributed by atoms with Crippen molar-refractivity contribution in [1.29, 1.82) is 0 Å². The van der Waals surface area contributed by atoms with Crippen molar-refractivity contribution < 1.29 is 23.4 Å². The van der Waals surface area contributed by atoms with Crippen LogP contribution in [0.2, 0.25) is 0 Å². The van der Waals surface area contributed by atoms with Gasteiger partial charge in [-0.3, -0.25) is 4.98 Å². The second kappa shape index (κ2) is 5.43. The normalized spacial score (nSPS) is 10.2. The smallest absolute Gasteiger partial charge is 0.337 e. The van der Waals surface area contributed by atoms with Crippen LogP contribution in [0.1, 0.15) is 15.9 Å². The van der Waals surface area contributed by atoms with Gasteiger partial charge in [0.25, 0.3) is 0 Å². The van der Waals surface area contributed by atoms with Crippen LogP contribution in [0.5, 0.6) is 5.75 Å². The number of carboxylic acid groups (broad SMARTS) is 1. The fourth-order valence-corrected chi connectivity index (χ4v) is 1.44. The first-order valence-electron chi connectivity index (χ1n) is 5.32. The molecule has 1 heterocycles. The lowest BCUT2D eigenvalue weighted by atomic mass is 10.2. The molecule has 0 amide bonds. The molecule has 2 rings (SSSR count). The lowest BCUT2D eigenvalue weighted by molar-refractivity contribution is 0.0695. The van der Waals surface area contributed by atoms with Crippen molar-refractivity contribution in [1.82, 2.24) is 4.98 Å². The van der Waals surface area contributed by atoms with E-state index < -0.39 is 17.6 Å². The van der Waals surface area contributed by atoms with Crippen LogP contribution in [-0.2, 0) is 6.61 Å². The Morgan fingerprint density at radius 2 is 1.95 bits per heavy atom. The number of benzene rings is 1. The molecule has 0 aliphatic heterocycles. The molecule has 6 heteroatoms. The first kappa shape index (κ1) is 12.9. The van der Waals surface area contributed by atoms with Crippen LogP contribution < -0.4 is 4.74 Å². The molecule has 0 fully saturated rings. The Morgan fingerprint density at radius 3 is 2.58 bits per heavy atom. The predicted molar refractivity (Wildman–Crippen MR) is 61.9 cm³/mol. The van der Waals surface area contributed by atoms with Crippen LogP contribution in [0, 0.1) is 11.6 Å². The molecule has 0 atom stereocenters. The maximum Gasteiger partial charge on any atom is 0.337 e. The standard InChI is InChI=1S/C13H9F2NO3/c14-11-2-1-3-12(15)10(11)7-19-9-4-8(13(17)18)5-16-6-9/h1-6H,7H2,(H,17,18). The van der Waals surface area contributed by atoms with Crippen LogP contribution in [0.3, 0.4) is 0 Å². The summed E-state index contributed by atoms with van der Waals surface area (Å²) >= 11 is 0. The molecule has 0 aliphatic rings. The highest BCUT2D eigenvalue weighted by Gasteiger charge is 2.10. The third-order valence-corrected chi connectivity index (χ3v) is 2.40. The first-order valence-corrected chi connectivity index (χ1v) is 5.32. The molecule has 0 bridgehead atoms. The number of pyridine rings is 1. The molecule has 98 valence electrons. The molecule has 4 nitrogen and oxygen atoms in total. The number of hydrogen-bond acceptors (Lipinski definition) is 3. The number of aromatic carboxylic acids is 1.